The number of aromatic amines is 1. The van der Waals surface area contributed by atoms with Crippen molar-refractivity contribution < 1.29 is 0 Å². The van der Waals surface area contributed by atoms with Crippen molar-refractivity contribution in [3.8, 4) is 0 Å². The molecule has 0 radical (unpaired) electrons. The predicted octanol–water partition coefficient (Wildman–Crippen LogP) is 3.10. The second-order valence-electron chi connectivity index (χ2n) is 6.33. The fraction of sp³-hybridized carbons (Fsp3) is 0.562. The molecule has 0 bridgehead atoms. The number of nitrogens with zero attached hydrogens (tertiary/aromatic N) is 5. The summed E-state index contributed by atoms with van der Waals surface area (Å²) in [6.07, 6.45) is 3.95. The van der Waals surface area contributed by atoms with Crippen LogP contribution in [0.1, 0.15) is 50.1 Å². The van der Waals surface area contributed by atoms with Gasteiger partial charge < -0.3 is 0 Å². The Morgan fingerprint density at radius 2 is 2.20 bits per heavy atom. The molecule has 0 aliphatic heterocycles. The van der Waals surface area contributed by atoms with Crippen LogP contribution in [-0.4, -0.2) is 29.8 Å². The number of aryl methyl sites for hydroxylation is 1. The Balaban J connectivity index is 1.71. The van der Waals surface area contributed by atoms with Gasteiger partial charge >= 0.3 is 0 Å². The van der Waals surface area contributed by atoms with E-state index in [0.29, 0.717) is 21.8 Å². The lowest BCUT2D eigenvalue weighted by Crippen LogP contribution is -2.15. The molecule has 9 heteroatoms. The van der Waals surface area contributed by atoms with Crippen molar-refractivity contribution in [2.75, 3.05) is 0 Å². The van der Waals surface area contributed by atoms with E-state index < -0.39 is 0 Å². The van der Waals surface area contributed by atoms with Crippen LogP contribution in [0, 0.1) is 5.92 Å². The number of thioether (sulfide) groups is 1. The van der Waals surface area contributed by atoms with Crippen LogP contribution in [0.3, 0.4) is 0 Å². The van der Waals surface area contributed by atoms with Crippen molar-refractivity contribution in [3.63, 3.8) is 0 Å². The second kappa shape index (κ2) is 8.09. The van der Waals surface area contributed by atoms with Gasteiger partial charge in [0, 0.05) is 24.7 Å². The summed E-state index contributed by atoms with van der Waals surface area (Å²) in [6, 6.07) is 1.55. The van der Waals surface area contributed by atoms with Crippen molar-refractivity contribution in [2.45, 2.75) is 57.4 Å². The molecule has 1 N–H and O–H groups in total. The normalized spacial score (nSPS) is 11.7. The molecule has 0 fully saturated rings. The first-order chi connectivity index (χ1) is 12.0. The van der Waals surface area contributed by atoms with Gasteiger partial charge in [-0.1, -0.05) is 50.3 Å². The van der Waals surface area contributed by atoms with Gasteiger partial charge in [-0.2, -0.15) is 9.61 Å². The standard InChI is InChI=1S/C16H22N6OS2/c1-4-5-6-13-21-22-14(23)8-11(17-16(22)25-13)9-24-15-18-12(19-20-15)7-10(2)3/h8,10H,4-7,9H2,1-3H3,(H,18,19,20). The van der Waals surface area contributed by atoms with Crippen molar-refractivity contribution in [1.29, 1.82) is 0 Å². The smallest absolute Gasteiger partial charge is 0.267 e. The van der Waals surface area contributed by atoms with Gasteiger partial charge in [0.05, 0.1) is 5.69 Å². The topological polar surface area (TPSA) is 88.8 Å². The summed E-state index contributed by atoms with van der Waals surface area (Å²) >= 11 is 2.97. The molecule has 0 saturated heterocycles. The van der Waals surface area contributed by atoms with Gasteiger partial charge in [-0.15, -0.1) is 5.10 Å². The highest BCUT2D eigenvalue weighted by atomic mass is 32.2. The number of unbranched alkanes of at least 4 members (excludes halogenated alkanes) is 1. The fourth-order valence-electron chi connectivity index (χ4n) is 2.36. The number of fused-ring (bicyclic) bond motifs is 1. The van der Waals surface area contributed by atoms with Crippen LogP contribution in [-0.2, 0) is 18.6 Å². The van der Waals surface area contributed by atoms with Crippen LogP contribution < -0.4 is 5.56 Å². The largest absolute Gasteiger partial charge is 0.275 e. The van der Waals surface area contributed by atoms with Crippen molar-refractivity contribution in [1.82, 2.24) is 29.8 Å². The van der Waals surface area contributed by atoms with Crippen LogP contribution in [0.4, 0.5) is 0 Å². The molecule has 0 aliphatic rings. The molecule has 0 saturated carbocycles. The van der Waals surface area contributed by atoms with Crippen molar-refractivity contribution in [3.05, 3.63) is 32.9 Å². The van der Waals surface area contributed by atoms with E-state index in [4.69, 9.17) is 0 Å². The van der Waals surface area contributed by atoms with Crippen LogP contribution >= 0.6 is 23.1 Å². The van der Waals surface area contributed by atoms with Gasteiger partial charge in [0.15, 0.2) is 0 Å². The van der Waals surface area contributed by atoms with Gasteiger partial charge in [-0.05, 0) is 12.3 Å². The highest BCUT2D eigenvalue weighted by Crippen LogP contribution is 2.20. The van der Waals surface area contributed by atoms with E-state index in [-0.39, 0.29) is 5.56 Å². The zero-order chi connectivity index (χ0) is 17.8. The second-order valence-corrected chi connectivity index (χ2v) is 8.31. The minimum atomic E-state index is -0.130. The maximum Gasteiger partial charge on any atom is 0.275 e. The molecule has 0 aliphatic carbocycles. The van der Waals surface area contributed by atoms with Crippen LogP contribution in [0.25, 0.3) is 4.96 Å². The lowest BCUT2D eigenvalue weighted by atomic mass is 10.1. The van der Waals surface area contributed by atoms with Crippen LogP contribution in [0.15, 0.2) is 16.0 Å². The molecule has 3 heterocycles. The molecule has 7 nitrogen and oxygen atoms in total. The van der Waals surface area contributed by atoms with Crippen LogP contribution in [0.2, 0.25) is 0 Å². The highest BCUT2D eigenvalue weighted by Gasteiger charge is 2.11. The number of H-pyrrole nitrogens is 1. The van der Waals surface area contributed by atoms with E-state index in [0.717, 1.165) is 42.2 Å². The number of nitrogens with one attached hydrogen (secondary N) is 1. The Morgan fingerprint density at radius 1 is 1.36 bits per heavy atom. The Kier molecular flexibility index (Phi) is 5.85. The molecule has 0 atom stereocenters. The average molecular weight is 379 g/mol. The lowest BCUT2D eigenvalue weighted by molar-refractivity contribution is 0.622. The number of hydrogen-bond donors (Lipinski definition) is 1. The minimum absolute atomic E-state index is 0.130. The van der Waals surface area contributed by atoms with Gasteiger partial charge in [-0.3, -0.25) is 9.89 Å². The number of rotatable bonds is 8. The van der Waals surface area contributed by atoms with Gasteiger partial charge in [-0.25, -0.2) is 9.97 Å². The maximum absolute atomic E-state index is 12.2. The molecule has 134 valence electrons. The predicted molar refractivity (Wildman–Crippen MR) is 100 cm³/mol. The molecular formula is C16H22N6OS2. The lowest BCUT2D eigenvalue weighted by Gasteiger charge is -1.98. The Bertz CT molecular complexity index is 898. The summed E-state index contributed by atoms with van der Waals surface area (Å²) in [5.74, 6) is 1.99. The van der Waals surface area contributed by atoms with E-state index >= 15 is 0 Å². The third kappa shape index (κ3) is 4.66. The quantitative estimate of drug-likeness (QED) is 0.606. The minimum Gasteiger partial charge on any atom is -0.267 e. The third-order valence-corrected chi connectivity index (χ3v) is 5.40. The Morgan fingerprint density at radius 3 is 2.96 bits per heavy atom. The summed E-state index contributed by atoms with van der Waals surface area (Å²) in [4.78, 5) is 21.9. The monoisotopic (exact) mass is 378 g/mol. The maximum atomic E-state index is 12.2. The summed E-state index contributed by atoms with van der Waals surface area (Å²) in [5.41, 5.74) is 0.603. The van der Waals surface area contributed by atoms with E-state index in [1.165, 1.54) is 27.6 Å². The van der Waals surface area contributed by atoms with E-state index in [1.807, 2.05) is 0 Å². The summed E-state index contributed by atoms with van der Waals surface area (Å²) in [5, 5.41) is 13.2. The number of aromatic nitrogens is 6. The Labute approximate surface area is 154 Å². The van der Waals surface area contributed by atoms with Gasteiger partial charge in [0.25, 0.3) is 5.56 Å². The molecule has 0 spiro atoms. The summed E-state index contributed by atoms with van der Waals surface area (Å²) < 4.78 is 1.40. The highest BCUT2D eigenvalue weighted by molar-refractivity contribution is 7.98. The molecule has 3 aromatic rings. The molecule has 3 rings (SSSR count). The fourth-order valence-corrected chi connectivity index (χ4v) is 4.03. The number of hydrogen-bond acceptors (Lipinski definition) is 7. The first kappa shape index (κ1) is 18.1. The van der Waals surface area contributed by atoms with Crippen molar-refractivity contribution in [2.24, 2.45) is 5.92 Å². The molecule has 3 aromatic heterocycles. The first-order valence-electron chi connectivity index (χ1n) is 8.48. The zero-order valence-electron chi connectivity index (χ0n) is 14.7. The van der Waals surface area contributed by atoms with Gasteiger partial charge in [0.1, 0.15) is 10.8 Å². The SMILES string of the molecule is CCCCc1nn2c(=O)cc(CSc3n[nH]c(CC(C)C)n3)nc2s1. The zero-order valence-corrected chi connectivity index (χ0v) is 16.3. The summed E-state index contributed by atoms with van der Waals surface area (Å²) in [7, 11) is 0. The molecule has 0 amide bonds. The first-order valence-corrected chi connectivity index (χ1v) is 10.3. The molecule has 0 unspecified atom stereocenters. The molecule has 25 heavy (non-hydrogen) atoms. The summed E-state index contributed by atoms with van der Waals surface area (Å²) in [6.45, 7) is 6.43. The molecule has 0 aromatic carbocycles. The third-order valence-electron chi connectivity index (χ3n) is 3.55. The Hall–Kier alpha value is -1.74. The van der Waals surface area contributed by atoms with Gasteiger partial charge in [0.2, 0.25) is 10.1 Å². The van der Waals surface area contributed by atoms with Crippen LogP contribution in [0.5, 0.6) is 0 Å². The van der Waals surface area contributed by atoms with E-state index in [1.54, 1.807) is 6.07 Å². The van der Waals surface area contributed by atoms with E-state index in [9.17, 15) is 4.79 Å². The van der Waals surface area contributed by atoms with E-state index in [2.05, 4.69) is 46.0 Å². The van der Waals surface area contributed by atoms with Crippen molar-refractivity contribution >= 4 is 28.1 Å². The average Bonchev–Trinajstić information content (AvgIpc) is 3.17. The molecular weight excluding hydrogens is 356 g/mol.